The number of amides is 1. The summed E-state index contributed by atoms with van der Waals surface area (Å²) >= 11 is 0. The summed E-state index contributed by atoms with van der Waals surface area (Å²) in [6, 6.07) is 6.02. The van der Waals surface area contributed by atoms with E-state index in [2.05, 4.69) is 30.0 Å². The summed E-state index contributed by atoms with van der Waals surface area (Å²) in [5.41, 5.74) is 0.127. The van der Waals surface area contributed by atoms with Crippen molar-refractivity contribution in [2.75, 3.05) is 16.6 Å². The van der Waals surface area contributed by atoms with Gasteiger partial charge in [0.05, 0.1) is 58.9 Å². The fourth-order valence-corrected chi connectivity index (χ4v) is 6.71. The Bertz CT molecular complexity index is 1540. The number of nitrogens with zero attached hydrogens (tertiary/aromatic N) is 4. The molecule has 1 aromatic carbocycles. The van der Waals surface area contributed by atoms with Gasteiger partial charge in [-0.05, 0) is 63.6 Å². The van der Waals surface area contributed by atoms with Crippen LogP contribution in [0.3, 0.4) is 0 Å². The third-order valence-corrected chi connectivity index (χ3v) is 9.36. The minimum Gasteiger partial charge on any atom is -0.477 e. The molecule has 1 saturated carbocycles. The molecule has 1 unspecified atom stereocenters. The molecule has 6 rings (SSSR count). The fraction of sp³-hybridized carbons (Fsp3) is 0.444. The molecule has 2 saturated heterocycles. The van der Waals surface area contributed by atoms with E-state index in [0.717, 1.165) is 12.8 Å². The molecule has 2 aliphatic heterocycles. The topological polar surface area (TPSA) is 145 Å². The highest BCUT2D eigenvalue weighted by atomic mass is 32.2. The Labute approximate surface area is 231 Å². The monoisotopic (exact) mass is 568 g/mol. The Hall–Kier alpha value is -3.71. The van der Waals surface area contributed by atoms with Crippen LogP contribution in [0.1, 0.15) is 51.1 Å². The molecule has 3 aromatic rings. The second-order valence-corrected chi connectivity index (χ2v) is 12.3. The number of halogens is 1. The summed E-state index contributed by atoms with van der Waals surface area (Å²) in [5, 5.41) is 2.32. The molecule has 210 valence electrons. The first-order valence-electron chi connectivity index (χ1n) is 13.3. The van der Waals surface area contributed by atoms with Crippen LogP contribution in [0.4, 0.5) is 16.0 Å². The molecule has 4 heterocycles. The number of sulfonamides is 1. The second kappa shape index (κ2) is 10.4. The average molecular weight is 569 g/mol. The number of ether oxygens (including phenoxy) is 2. The van der Waals surface area contributed by atoms with E-state index in [-0.39, 0.29) is 23.8 Å². The van der Waals surface area contributed by atoms with Crippen LogP contribution in [0.25, 0.3) is 11.3 Å². The van der Waals surface area contributed by atoms with Gasteiger partial charge in [0, 0.05) is 11.8 Å². The van der Waals surface area contributed by atoms with Crippen molar-refractivity contribution in [2.45, 2.75) is 68.3 Å². The van der Waals surface area contributed by atoms with E-state index in [1.54, 1.807) is 12.1 Å². The van der Waals surface area contributed by atoms with E-state index in [0.29, 0.717) is 55.1 Å². The summed E-state index contributed by atoms with van der Waals surface area (Å²) < 4.78 is 54.1. The molecule has 3 atom stereocenters. The smallest absolute Gasteiger partial charge is 0.237 e. The van der Waals surface area contributed by atoms with Gasteiger partial charge in [-0.15, -0.1) is 0 Å². The first-order chi connectivity index (χ1) is 19.3. The summed E-state index contributed by atoms with van der Waals surface area (Å²) in [5.74, 6) is -0.828. The highest BCUT2D eigenvalue weighted by Crippen LogP contribution is 2.46. The van der Waals surface area contributed by atoms with Crippen LogP contribution in [-0.4, -0.2) is 58.3 Å². The molecule has 0 radical (unpaired) electrons. The minimum absolute atomic E-state index is 0.00426. The predicted octanol–water partition coefficient (Wildman–Crippen LogP) is 3.59. The molecule has 2 aromatic heterocycles. The van der Waals surface area contributed by atoms with Gasteiger partial charge in [-0.2, -0.15) is 0 Å². The van der Waals surface area contributed by atoms with Crippen molar-refractivity contribution in [3.8, 4) is 17.1 Å². The number of hydrogen-bond acceptors (Lipinski definition) is 9. The van der Waals surface area contributed by atoms with E-state index >= 15 is 4.39 Å². The van der Waals surface area contributed by atoms with E-state index in [4.69, 9.17) is 9.47 Å². The lowest BCUT2D eigenvalue weighted by atomic mass is 9.73. The zero-order valence-electron chi connectivity index (χ0n) is 21.8. The van der Waals surface area contributed by atoms with Crippen LogP contribution < -0.4 is 14.8 Å². The minimum atomic E-state index is -3.59. The van der Waals surface area contributed by atoms with Gasteiger partial charge in [-0.3, -0.25) is 14.5 Å². The van der Waals surface area contributed by atoms with Gasteiger partial charge < -0.3 is 14.8 Å². The maximum absolute atomic E-state index is 15.3. The van der Waals surface area contributed by atoms with Crippen LogP contribution in [-0.2, 0) is 25.0 Å². The molecule has 1 amide bonds. The lowest BCUT2D eigenvalue weighted by Crippen LogP contribution is -2.48. The second-order valence-electron chi connectivity index (χ2n) is 10.4. The van der Waals surface area contributed by atoms with Gasteiger partial charge in [-0.25, -0.2) is 27.8 Å². The van der Waals surface area contributed by atoms with E-state index in [1.165, 1.54) is 30.7 Å². The van der Waals surface area contributed by atoms with Crippen molar-refractivity contribution in [2.24, 2.45) is 0 Å². The van der Waals surface area contributed by atoms with Crippen LogP contribution in [0, 0.1) is 5.82 Å². The Morgan fingerprint density at radius 1 is 1.12 bits per heavy atom. The number of rotatable bonds is 9. The molecule has 11 nitrogen and oxygen atoms in total. The van der Waals surface area contributed by atoms with Crippen molar-refractivity contribution >= 4 is 27.6 Å². The van der Waals surface area contributed by atoms with Gasteiger partial charge in [-0.1, -0.05) is 6.07 Å². The molecular formula is C27H29FN6O5S. The Kier molecular flexibility index (Phi) is 6.87. The SMILES string of the molecule is CCOc1cncc(-c2ccc(NC(=O)C3(c4ccnc(NS(=O)(=O)C5CC5)n4)C[C@H]4CC[C@@H](C3)O4)c(F)c2)n1. The average Bonchev–Trinajstić information content (AvgIpc) is 3.75. The quantitative estimate of drug-likeness (QED) is 0.395. The largest absolute Gasteiger partial charge is 0.477 e. The van der Waals surface area contributed by atoms with Crippen molar-refractivity contribution in [3.63, 3.8) is 0 Å². The molecule has 13 heteroatoms. The van der Waals surface area contributed by atoms with Crippen molar-refractivity contribution < 1.29 is 27.1 Å². The molecule has 1 aliphatic carbocycles. The van der Waals surface area contributed by atoms with Gasteiger partial charge in [0.15, 0.2) is 0 Å². The summed E-state index contributed by atoms with van der Waals surface area (Å²) in [6.07, 6.45) is 7.57. The van der Waals surface area contributed by atoms with Crippen molar-refractivity contribution in [3.05, 3.63) is 54.4 Å². The maximum atomic E-state index is 15.3. The van der Waals surface area contributed by atoms with Crippen LogP contribution in [0.5, 0.6) is 5.88 Å². The third-order valence-electron chi connectivity index (χ3n) is 7.54. The van der Waals surface area contributed by atoms with Crippen LogP contribution in [0.2, 0.25) is 0 Å². The molecule has 3 fully saturated rings. The van der Waals surface area contributed by atoms with Gasteiger partial charge >= 0.3 is 0 Å². The zero-order chi connectivity index (χ0) is 27.9. The summed E-state index contributed by atoms with van der Waals surface area (Å²) in [4.78, 5) is 31.0. The molecule has 0 spiro atoms. The number of nitrogens with one attached hydrogen (secondary N) is 2. The number of carbonyl (C=O) groups is 1. The first-order valence-corrected chi connectivity index (χ1v) is 14.9. The van der Waals surface area contributed by atoms with Gasteiger partial charge in [0.25, 0.3) is 0 Å². The third kappa shape index (κ3) is 5.22. The van der Waals surface area contributed by atoms with Crippen LogP contribution >= 0.6 is 0 Å². The van der Waals surface area contributed by atoms with Crippen molar-refractivity contribution in [1.82, 2.24) is 19.9 Å². The maximum Gasteiger partial charge on any atom is 0.237 e. The Morgan fingerprint density at radius 2 is 1.90 bits per heavy atom. The standard InChI is InChI=1S/C27H29FN6O5S/c1-2-38-24-15-29-14-22(31-24)16-3-8-21(20(28)11-16)32-25(35)27(12-17-4-5-18(13-27)39-17)23-9-10-30-26(33-23)34-40(36,37)19-6-7-19/h3,8-11,14-15,17-19H,2,4-7,12-13H2,1H3,(H,32,35)(H,30,33,34)/t17-,18+,27?. The first kappa shape index (κ1) is 26.5. The van der Waals surface area contributed by atoms with Crippen LogP contribution in [0.15, 0.2) is 42.9 Å². The number of anilines is 2. The lowest BCUT2D eigenvalue weighted by molar-refractivity contribution is -0.129. The molecule has 2 N–H and O–H groups in total. The van der Waals surface area contributed by atoms with Gasteiger partial charge in [0.1, 0.15) is 5.82 Å². The fourth-order valence-electron chi connectivity index (χ4n) is 5.44. The van der Waals surface area contributed by atoms with E-state index in [1.807, 2.05) is 6.92 Å². The number of hydrogen-bond donors (Lipinski definition) is 2. The molecule has 40 heavy (non-hydrogen) atoms. The highest BCUT2D eigenvalue weighted by Gasteiger charge is 2.52. The Morgan fingerprint density at radius 3 is 2.60 bits per heavy atom. The van der Waals surface area contributed by atoms with Gasteiger partial charge in [0.2, 0.25) is 27.8 Å². The van der Waals surface area contributed by atoms with E-state index in [9.17, 15) is 13.2 Å². The molecule has 3 aliphatic rings. The molecular weight excluding hydrogens is 539 g/mol. The summed E-state index contributed by atoms with van der Waals surface area (Å²) in [6.45, 7) is 2.25. The van der Waals surface area contributed by atoms with Crippen molar-refractivity contribution in [1.29, 1.82) is 0 Å². The number of aromatic nitrogens is 4. The number of fused-ring (bicyclic) bond motifs is 2. The highest BCUT2D eigenvalue weighted by molar-refractivity contribution is 7.93. The van der Waals surface area contributed by atoms with E-state index < -0.39 is 32.4 Å². The Balaban J connectivity index is 1.29. The number of benzene rings is 1. The molecule has 2 bridgehead atoms. The summed E-state index contributed by atoms with van der Waals surface area (Å²) in [7, 11) is -3.59. The predicted molar refractivity (Wildman–Crippen MR) is 144 cm³/mol. The lowest BCUT2D eigenvalue weighted by Gasteiger charge is -2.39. The zero-order valence-corrected chi connectivity index (χ0v) is 22.7. The number of carbonyl (C=O) groups excluding carboxylic acids is 1. The normalized spacial score (nSPS) is 23.9.